The first kappa shape index (κ1) is 18.0. The van der Waals surface area contributed by atoms with Gasteiger partial charge in [-0.3, -0.25) is 0 Å². The predicted octanol–water partition coefficient (Wildman–Crippen LogP) is 7.63. The van der Waals surface area contributed by atoms with Crippen molar-refractivity contribution in [3.8, 4) is 22.6 Å². The minimum atomic E-state index is -2.18. The van der Waals surface area contributed by atoms with Gasteiger partial charge in [-0.25, -0.2) is 0 Å². The predicted molar refractivity (Wildman–Crippen MR) is 116 cm³/mol. The van der Waals surface area contributed by atoms with Crippen molar-refractivity contribution in [2.45, 2.75) is 38.6 Å². The van der Waals surface area contributed by atoms with Gasteiger partial charge < -0.3 is 9.47 Å². The average molecular weight is 386 g/mol. The highest BCUT2D eigenvalue weighted by Crippen LogP contribution is 2.50. The Bertz CT molecular complexity index is 1110. The molecule has 1 heterocycles. The van der Waals surface area contributed by atoms with Crippen LogP contribution in [0.1, 0.15) is 32.6 Å². The lowest BCUT2D eigenvalue weighted by atomic mass is 9.92. The molecule has 1 aliphatic heterocycles. The van der Waals surface area contributed by atoms with Gasteiger partial charge in [0, 0.05) is 11.1 Å². The van der Waals surface area contributed by atoms with E-state index < -0.39 is 6.04 Å². The van der Waals surface area contributed by atoms with E-state index in [1.165, 1.54) is 0 Å². The smallest absolute Gasteiger partial charge is 0.407 e. The SMILES string of the molecule is CCCCCC1(F)Oc2ccc3ccccc3c2-c2c(ccc3ccccc23)O1. The molecule has 1 aliphatic rings. The van der Waals surface area contributed by atoms with Gasteiger partial charge in [-0.1, -0.05) is 80.4 Å². The molecule has 2 nitrogen and oxygen atoms in total. The van der Waals surface area contributed by atoms with Crippen LogP contribution in [0.4, 0.5) is 4.39 Å². The Labute approximate surface area is 169 Å². The molecule has 0 radical (unpaired) electrons. The maximum Gasteiger partial charge on any atom is 0.407 e. The number of hydrogen-bond donors (Lipinski definition) is 0. The first-order valence-corrected chi connectivity index (χ1v) is 10.3. The van der Waals surface area contributed by atoms with Crippen LogP contribution in [0.25, 0.3) is 32.7 Å². The number of hydrogen-bond acceptors (Lipinski definition) is 2. The van der Waals surface area contributed by atoms with Crippen LogP contribution in [-0.2, 0) is 0 Å². The third-order valence-corrected chi connectivity index (χ3v) is 5.64. The van der Waals surface area contributed by atoms with E-state index in [1.54, 1.807) is 0 Å². The van der Waals surface area contributed by atoms with Gasteiger partial charge in [0.2, 0.25) is 0 Å². The average Bonchev–Trinajstić information content (AvgIpc) is 2.87. The monoisotopic (exact) mass is 386 g/mol. The summed E-state index contributed by atoms with van der Waals surface area (Å²) >= 11 is 0. The van der Waals surface area contributed by atoms with Crippen LogP contribution in [0.5, 0.6) is 11.5 Å². The van der Waals surface area contributed by atoms with Crippen LogP contribution in [0.2, 0.25) is 0 Å². The summed E-state index contributed by atoms with van der Waals surface area (Å²) in [5.41, 5.74) is 1.79. The Kier molecular flexibility index (Phi) is 4.39. The maximum absolute atomic E-state index is 15.9. The fourth-order valence-corrected chi connectivity index (χ4v) is 4.23. The summed E-state index contributed by atoms with van der Waals surface area (Å²) in [5, 5.41) is 4.24. The molecule has 0 aliphatic carbocycles. The van der Waals surface area contributed by atoms with Crippen LogP contribution in [-0.4, -0.2) is 6.04 Å². The van der Waals surface area contributed by atoms with Crippen LogP contribution in [0.15, 0.2) is 72.8 Å². The third kappa shape index (κ3) is 3.11. The lowest BCUT2D eigenvalue weighted by Crippen LogP contribution is -2.37. The van der Waals surface area contributed by atoms with E-state index >= 15 is 4.39 Å². The van der Waals surface area contributed by atoms with Gasteiger partial charge in [0.1, 0.15) is 11.5 Å². The van der Waals surface area contributed by atoms with E-state index in [0.717, 1.165) is 45.5 Å². The zero-order valence-corrected chi connectivity index (χ0v) is 16.5. The van der Waals surface area contributed by atoms with E-state index in [4.69, 9.17) is 9.47 Å². The van der Waals surface area contributed by atoms with Crippen LogP contribution in [0.3, 0.4) is 0 Å². The Hall–Kier alpha value is -3.07. The summed E-state index contributed by atoms with van der Waals surface area (Å²) in [4.78, 5) is 0. The fourth-order valence-electron chi connectivity index (χ4n) is 4.23. The third-order valence-electron chi connectivity index (χ3n) is 5.64. The number of benzene rings is 4. The van der Waals surface area contributed by atoms with Crippen molar-refractivity contribution < 1.29 is 13.9 Å². The number of alkyl halides is 1. The Morgan fingerprint density at radius 2 is 1.21 bits per heavy atom. The van der Waals surface area contributed by atoms with Gasteiger partial charge >= 0.3 is 6.04 Å². The molecule has 3 heteroatoms. The highest BCUT2D eigenvalue weighted by molar-refractivity contribution is 6.09. The first-order valence-electron chi connectivity index (χ1n) is 10.3. The van der Waals surface area contributed by atoms with Gasteiger partial charge in [-0.15, -0.1) is 0 Å². The number of ether oxygens (including phenoxy) is 2. The number of rotatable bonds is 4. The number of unbranched alkanes of at least 4 members (excludes halogenated alkanes) is 2. The van der Waals surface area contributed by atoms with E-state index in [1.807, 2.05) is 48.5 Å². The van der Waals surface area contributed by atoms with Crippen LogP contribution < -0.4 is 9.47 Å². The molecule has 29 heavy (non-hydrogen) atoms. The lowest BCUT2D eigenvalue weighted by molar-refractivity contribution is -0.219. The molecule has 0 saturated carbocycles. The maximum atomic E-state index is 15.9. The molecule has 146 valence electrons. The molecule has 0 N–H and O–H groups in total. The van der Waals surface area contributed by atoms with E-state index in [9.17, 15) is 0 Å². The quantitative estimate of drug-likeness (QED) is 0.336. The second-order valence-corrected chi connectivity index (χ2v) is 7.64. The molecule has 0 fully saturated rings. The zero-order chi connectivity index (χ0) is 19.8. The molecular formula is C26H23FO2. The van der Waals surface area contributed by atoms with Crippen molar-refractivity contribution in [1.29, 1.82) is 0 Å². The molecule has 5 rings (SSSR count). The topological polar surface area (TPSA) is 18.5 Å². The fraction of sp³-hybridized carbons (Fsp3) is 0.231. The first-order chi connectivity index (χ1) is 14.2. The molecule has 0 unspecified atom stereocenters. The van der Waals surface area contributed by atoms with Crippen molar-refractivity contribution in [2.75, 3.05) is 0 Å². The normalized spacial score (nSPS) is 14.6. The van der Waals surface area contributed by atoms with Crippen molar-refractivity contribution in [3.05, 3.63) is 72.8 Å². The molecule has 4 aromatic carbocycles. The zero-order valence-electron chi connectivity index (χ0n) is 16.5. The van der Waals surface area contributed by atoms with Crippen LogP contribution in [0, 0.1) is 0 Å². The van der Waals surface area contributed by atoms with Gasteiger partial charge in [0.15, 0.2) is 0 Å². The molecular weight excluding hydrogens is 363 g/mol. The largest absolute Gasteiger partial charge is 0.426 e. The Morgan fingerprint density at radius 3 is 1.72 bits per heavy atom. The van der Waals surface area contributed by atoms with Gasteiger partial charge in [-0.05, 0) is 40.1 Å². The number of fused-ring (bicyclic) bond motifs is 7. The van der Waals surface area contributed by atoms with E-state index in [2.05, 4.69) is 31.2 Å². The Balaban J connectivity index is 1.81. The Morgan fingerprint density at radius 1 is 0.690 bits per heavy atom. The summed E-state index contributed by atoms with van der Waals surface area (Å²) in [5.74, 6) is 1.05. The minimum absolute atomic E-state index is 0.194. The molecule has 4 aromatic rings. The van der Waals surface area contributed by atoms with E-state index in [0.29, 0.717) is 17.9 Å². The van der Waals surface area contributed by atoms with Crippen molar-refractivity contribution in [3.63, 3.8) is 0 Å². The molecule has 0 aromatic heterocycles. The van der Waals surface area contributed by atoms with Crippen molar-refractivity contribution in [2.24, 2.45) is 0 Å². The molecule has 0 saturated heterocycles. The summed E-state index contributed by atoms with van der Waals surface area (Å²) in [6, 6.07) is 21.8. The number of halogens is 1. The highest BCUT2D eigenvalue weighted by Gasteiger charge is 2.39. The summed E-state index contributed by atoms with van der Waals surface area (Å²) in [6.45, 7) is 2.10. The summed E-state index contributed by atoms with van der Waals surface area (Å²) in [6.07, 6.45) is 2.85. The highest BCUT2D eigenvalue weighted by atomic mass is 19.2. The molecule has 0 amide bonds. The molecule has 0 spiro atoms. The summed E-state index contributed by atoms with van der Waals surface area (Å²) < 4.78 is 27.8. The minimum Gasteiger partial charge on any atom is -0.426 e. The van der Waals surface area contributed by atoms with Gasteiger partial charge in [0.25, 0.3) is 0 Å². The second-order valence-electron chi connectivity index (χ2n) is 7.64. The van der Waals surface area contributed by atoms with Crippen LogP contribution >= 0.6 is 0 Å². The molecule has 0 atom stereocenters. The lowest BCUT2D eigenvalue weighted by Gasteiger charge is -2.25. The van der Waals surface area contributed by atoms with E-state index in [-0.39, 0.29) is 6.42 Å². The second kappa shape index (κ2) is 7.07. The van der Waals surface area contributed by atoms with Gasteiger partial charge in [-0.2, -0.15) is 4.39 Å². The van der Waals surface area contributed by atoms with Crippen molar-refractivity contribution in [1.82, 2.24) is 0 Å². The standard InChI is InChI=1S/C26H23FO2/c1-2-3-8-17-26(27)28-22-15-13-18-9-4-6-11-20(18)24(22)25-21-12-7-5-10-19(21)14-16-23(25)29-26/h4-7,9-16H,2-3,8,17H2,1H3. The van der Waals surface area contributed by atoms with Gasteiger partial charge in [0.05, 0.1) is 6.42 Å². The van der Waals surface area contributed by atoms with Crippen molar-refractivity contribution >= 4 is 21.5 Å². The summed E-state index contributed by atoms with van der Waals surface area (Å²) in [7, 11) is 0. The molecule has 0 bridgehead atoms.